The Hall–Kier alpha value is -0.840. The lowest BCUT2D eigenvalue weighted by atomic mass is 9.79. The topological polar surface area (TPSA) is 47.3 Å². The molecule has 1 aliphatic heterocycles. The first kappa shape index (κ1) is 15.5. The molecule has 3 N–H and O–H groups in total. The first-order valence-electron chi connectivity index (χ1n) is 6.99. The van der Waals surface area contributed by atoms with Gasteiger partial charge < -0.3 is 15.8 Å². The van der Waals surface area contributed by atoms with Crippen LogP contribution in [0.1, 0.15) is 33.1 Å². The Bertz CT molecular complexity index is 465. The van der Waals surface area contributed by atoms with Crippen molar-refractivity contribution < 1.29 is 9.13 Å². The Morgan fingerprint density at radius 3 is 2.80 bits per heavy atom. The average molecular weight is 301 g/mol. The number of rotatable bonds is 4. The van der Waals surface area contributed by atoms with Crippen LogP contribution in [0.15, 0.2) is 18.2 Å². The summed E-state index contributed by atoms with van der Waals surface area (Å²) in [7, 11) is 0. The predicted molar refractivity (Wildman–Crippen MR) is 80.7 cm³/mol. The van der Waals surface area contributed by atoms with Crippen molar-refractivity contribution in [3.8, 4) is 0 Å². The van der Waals surface area contributed by atoms with Crippen LogP contribution < -0.4 is 11.1 Å². The van der Waals surface area contributed by atoms with Gasteiger partial charge in [0.2, 0.25) is 0 Å². The van der Waals surface area contributed by atoms with Crippen LogP contribution in [0.4, 0.5) is 10.1 Å². The van der Waals surface area contributed by atoms with E-state index in [2.05, 4.69) is 19.2 Å². The fourth-order valence-electron chi connectivity index (χ4n) is 2.84. The lowest BCUT2D eigenvalue weighted by Gasteiger charge is -2.46. The summed E-state index contributed by atoms with van der Waals surface area (Å²) in [5.41, 5.74) is 6.19. The van der Waals surface area contributed by atoms with Crippen molar-refractivity contribution in [2.75, 3.05) is 18.5 Å². The van der Waals surface area contributed by atoms with Gasteiger partial charge in [-0.25, -0.2) is 4.39 Å². The molecule has 1 aliphatic rings. The van der Waals surface area contributed by atoms with Gasteiger partial charge in [-0.1, -0.05) is 18.5 Å². The highest BCUT2D eigenvalue weighted by Crippen LogP contribution is 2.36. The fourth-order valence-corrected chi connectivity index (χ4v) is 3.06. The average Bonchev–Trinajstić information content (AvgIpc) is 2.37. The number of ether oxygens (including phenoxy) is 1. The van der Waals surface area contributed by atoms with Crippen molar-refractivity contribution in [1.82, 2.24) is 0 Å². The highest BCUT2D eigenvalue weighted by atomic mass is 35.5. The van der Waals surface area contributed by atoms with E-state index in [4.69, 9.17) is 22.1 Å². The maximum absolute atomic E-state index is 13.4. The molecule has 112 valence electrons. The van der Waals surface area contributed by atoms with Crippen LogP contribution in [0, 0.1) is 5.82 Å². The molecular formula is C15H22ClFN2O. The lowest BCUT2D eigenvalue weighted by Crippen LogP contribution is -2.55. The maximum Gasteiger partial charge on any atom is 0.126 e. The largest absolute Gasteiger partial charge is 0.378 e. The van der Waals surface area contributed by atoms with Crippen molar-refractivity contribution in [3.63, 3.8) is 0 Å². The summed E-state index contributed by atoms with van der Waals surface area (Å²) >= 11 is 5.90. The van der Waals surface area contributed by atoms with Crippen molar-refractivity contribution in [3.05, 3.63) is 29.0 Å². The van der Waals surface area contributed by atoms with Gasteiger partial charge in [0.05, 0.1) is 11.1 Å². The molecule has 1 saturated heterocycles. The highest BCUT2D eigenvalue weighted by molar-refractivity contribution is 6.30. The van der Waals surface area contributed by atoms with Gasteiger partial charge in [0.15, 0.2) is 0 Å². The van der Waals surface area contributed by atoms with E-state index in [1.165, 1.54) is 12.1 Å². The number of benzene rings is 1. The molecule has 1 aromatic carbocycles. The van der Waals surface area contributed by atoms with Crippen LogP contribution in [0.3, 0.4) is 0 Å². The minimum atomic E-state index is -0.350. The third kappa shape index (κ3) is 3.43. The van der Waals surface area contributed by atoms with E-state index in [-0.39, 0.29) is 17.0 Å². The van der Waals surface area contributed by atoms with Gasteiger partial charge in [-0.3, -0.25) is 0 Å². The van der Waals surface area contributed by atoms with Crippen molar-refractivity contribution in [2.24, 2.45) is 5.73 Å². The summed E-state index contributed by atoms with van der Waals surface area (Å²) in [4.78, 5) is 0. The highest BCUT2D eigenvalue weighted by Gasteiger charge is 2.41. The minimum Gasteiger partial charge on any atom is -0.378 e. The summed E-state index contributed by atoms with van der Waals surface area (Å²) < 4.78 is 19.3. The Morgan fingerprint density at radius 2 is 2.20 bits per heavy atom. The van der Waals surface area contributed by atoms with Crippen LogP contribution in [-0.4, -0.2) is 24.3 Å². The number of anilines is 1. The molecule has 0 aromatic heterocycles. The van der Waals surface area contributed by atoms with Crippen LogP contribution in [0.25, 0.3) is 0 Å². The molecule has 3 nitrogen and oxygen atoms in total. The molecule has 2 rings (SSSR count). The third-order valence-corrected chi connectivity index (χ3v) is 4.37. The van der Waals surface area contributed by atoms with Crippen LogP contribution in [-0.2, 0) is 4.74 Å². The Labute approximate surface area is 124 Å². The first-order chi connectivity index (χ1) is 9.40. The Balaban J connectivity index is 2.23. The van der Waals surface area contributed by atoms with E-state index in [1.54, 1.807) is 6.07 Å². The normalized spacial score (nSPS) is 30.2. The van der Waals surface area contributed by atoms with Gasteiger partial charge in [-0.2, -0.15) is 0 Å². The minimum absolute atomic E-state index is 0.193. The van der Waals surface area contributed by atoms with Crippen molar-refractivity contribution in [1.29, 1.82) is 0 Å². The van der Waals surface area contributed by atoms with Gasteiger partial charge >= 0.3 is 0 Å². The fraction of sp³-hybridized carbons (Fsp3) is 0.600. The molecule has 1 aromatic rings. The summed E-state index contributed by atoms with van der Waals surface area (Å²) in [5.74, 6) is -0.350. The molecule has 0 aliphatic carbocycles. The van der Waals surface area contributed by atoms with Gasteiger partial charge in [-0.05, 0) is 38.0 Å². The van der Waals surface area contributed by atoms with E-state index < -0.39 is 0 Å². The molecule has 20 heavy (non-hydrogen) atoms. The molecule has 2 unspecified atom stereocenters. The second kappa shape index (κ2) is 5.88. The number of nitrogens with two attached hydrogens (primary N) is 1. The lowest BCUT2D eigenvalue weighted by molar-refractivity contribution is -0.0882. The van der Waals surface area contributed by atoms with Gasteiger partial charge in [0.25, 0.3) is 0 Å². The van der Waals surface area contributed by atoms with Crippen LogP contribution in [0.5, 0.6) is 0 Å². The molecule has 0 amide bonds. The van der Waals surface area contributed by atoms with Gasteiger partial charge in [-0.15, -0.1) is 0 Å². The number of hydrogen-bond donors (Lipinski definition) is 2. The number of nitrogens with one attached hydrogen (secondary N) is 1. The first-order valence-corrected chi connectivity index (χ1v) is 7.36. The molecule has 1 fully saturated rings. The molecule has 0 spiro atoms. The van der Waals surface area contributed by atoms with Gasteiger partial charge in [0, 0.05) is 30.3 Å². The second-order valence-electron chi connectivity index (χ2n) is 5.85. The SMILES string of the molecule is CCC1(C)CC(CN)(Nc2cc(F)cc(Cl)c2)CCO1. The summed E-state index contributed by atoms with van der Waals surface area (Å²) in [6.07, 6.45) is 2.51. The van der Waals surface area contributed by atoms with E-state index in [9.17, 15) is 4.39 Å². The summed E-state index contributed by atoms with van der Waals surface area (Å²) in [6.45, 7) is 5.32. The van der Waals surface area contributed by atoms with Crippen LogP contribution in [0.2, 0.25) is 5.02 Å². The monoisotopic (exact) mass is 300 g/mol. The standard InChI is InChI=1S/C15H22ClFN2O/c1-3-14(2)9-15(10-18,4-5-20-14)19-13-7-11(16)6-12(17)8-13/h6-8,19H,3-5,9-10,18H2,1-2H3. The smallest absolute Gasteiger partial charge is 0.126 e. The molecular weight excluding hydrogens is 279 g/mol. The Kier molecular flexibility index (Phi) is 4.57. The zero-order chi connectivity index (χ0) is 14.8. The van der Waals surface area contributed by atoms with Gasteiger partial charge in [0.1, 0.15) is 5.82 Å². The molecule has 2 atom stereocenters. The zero-order valence-electron chi connectivity index (χ0n) is 12.0. The molecule has 0 radical (unpaired) electrons. The van der Waals surface area contributed by atoms with E-state index in [0.29, 0.717) is 23.9 Å². The van der Waals surface area contributed by atoms with E-state index >= 15 is 0 Å². The molecule has 1 heterocycles. The third-order valence-electron chi connectivity index (χ3n) is 4.15. The summed E-state index contributed by atoms with van der Waals surface area (Å²) in [5, 5.41) is 3.77. The zero-order valence-corrected chi connectivity index (χ0v) is 12.8. The quantitative estimate of drug-likeness (QED) is 0.893. The molecule has 0 saturated carbocycles. The van der Waals surface area contributed by atoms with Crippen molar-refractivity contribution in [2.45, 2.75) is 44.2 Å². The van der Waals surface area contributed by atoms with Crippen LogP contribution >= 0.6 is 11.6 Å². The Morgan fingerprint density at radius 1 is 1.45 bits per heavy atom. The van der Waals surface area contributed by atoms with Crippen molar-refractivity contribution >= 4 is 17.3 Å². The van der Waals surface area contributed by atoms with E-state index in [0.717, 1.165) is 19.3 Å². The number of halogens is 2. The second-order valence-corrected chi connectivity index (χ2v) is 6.28. The number of hydrogen-bond acceptors (Lipinski definition) is 3. The summed E-state index contributed by atoms with van der Waals surface area (Å²) in [6, 6.07) is 4.46. The molecule has 0 bridgehead atoms. The molecule has 5 heteroatoms. The predicted octanol–water partition coefficient (Wildman–Crippen LogP) is 3.57. The maximum atomic E-state index is 13.4. The van der Waals surface area contributed by atoms with E-state index in [1.807, 2.05) is 0 Å².